The second kappa shape index (κ2) is 6.07. The number of hydrogen-bond acceptors (Lipinski definition) is 2. The van der Waals surface area contributed by atoms with Gasteiger partial charge in [0.05, 0.1) is 6.04 Å². The molecule has 0 amide bonds. The van der Waals surface area contributed by atoms with Crippen molar-refractivity contribution in [2.24, 2.45) is 0 Å². The molecule has 1 N–H and O–H groups in total. The molecule has 0 aliphatic rings. The third kappa shape index (κ3) is 3.07. The molecule has 1 nitrogen and oxygen atoms in total. The Morgan fingerprint density at radius 2 is 1.83 bits per heavy atom. The van der Waals surface area contributed by atoms with Gasteiger partial charge in [0.1, 0.15) is 0 Å². The number of halogens is 2. The maximum atomic E-state index is 6.06. The number of benzene rings is 1. The van der Waals surface area contributed by atoms with Crippen molar-refractivity contribution in [3.8, 4) is 0 Å². The second-order valence-electron chi connectivity index (χ2n) is 4.08. The van der Waals surface area contributed by atoms with E-state index in [4.69, 9.17) is 23.2 Å². The Bertz CT molecular complexity index is 516. The van der Waals surface area contributed by atoms with Crippen LogP contribution in [0.25, 0.3) is 0 Å². The van der Waals surface area contributed by atoms with Crippen molar-refractivity contribution >= 4 is 34.5 Å². The van der Waals surface area contributed by atoms with E-state index in [2.05, 4.69) is 24.4 Å². The lowest BCUT2D eigenvalue weighted by Gasteiger charge is -2.15. The van der Waals surface area contributed by atoms with E-state index in [1.54, 1.807) is 6.07 Å². The molecule has 1 aromatic carbocycles. The van der Waals surface area contributed by atoms with Crippen LogP contribution in [-0.2, 0) is 6.42 Å². The van der Waals surface area contributed by atoms with Crippen molar-refractivity contribution < 1.29 is 0 Å². The van der Waals surface area contributed by atoms with Crippen LogP contribution in [0.1, 0.15) is 28.3 Å². The highest BCUT2D eigenvalue weighted by molar-refractivity contribution is 7.12. The van der Waals surface area contributed by atoms with E-state index in [0.717, 1.165) is 12.0 Å². The topological polar surface area (TPSA) is 12.0 Å². The molecule has 0 aliphatic heterocycles. The summed E-state index contributed by atoms with van der Waals surface area (Å²) in [6.45, 7) is 2.17. The van der Waals surface area contributed by atoms with Crippen molar-refractivity contribution in [1.29, 1.82) is 0 Å². The molecular formula is C14H15Cl2NS. The van der Waals surface area contributed by atoms with Gasteiger partial charge < -0.3 is 5.32 Å². The van der Waals surface area contributed by atoms with Crippen LogP contribution in [-0.4, -0.2) is 7.05 Å². The first-order valence-corrected chi connectivity index (χ1v) is 7.43. The van der Waals surface area contributed by atoms with Gasteiger partial charge in [0.2, 0.25) is 0 Å². The number of hydrogen-bond donors (Lipinski definition) is 1. The van der Waals surface area contributed by atoms with Gasteiger partial charge in [-0.15, -0.1) is 11.3 Å². The molecule has 1 aromatic heterocycles. The number of rotatable bonds is 4. The molecule has 1 heterocycles. The largest absolute Gasteiger partial charge is 0.309 e. The van der Waals surface area contributed by atoms with E-state index >= 15 is 0 Å². The molecule has 0 bridgehead atoms. The van der Waals surface area contributed by atoms with Gasteiger partial charge in [-0.25, -0.2) is 0 Å². The lowest BCUT2D eigenvalue weighted by atomic mass is 10.1. The predicted octanol–water partition coefficient (Wildman–Crippen LogP) is 4.93. The third-order valence-electron chi connectivity index (χ3n) is 2.82. The normalized spacial score (nSPS) is 12.7. The lowest BCUT2D eigenvalue weighted by Crippen LogP contribution is -2.16. The molecule has 0 saturated heterocycles. The molecule has 2 aromatic rings. The van der Waals surface area contributed by atoms with Gasteiger partial charge in [-0.2, -0.15) is 0 Å². The van der Waals surface area contributed by atoms with Crippen LogP contribution >= 0.6 is 34.5 Å². The van der Waals surface area contributed by atoms with Crippen molar-refractivity contribution in [3.63, 3.8) is 0 Å². The molecule has 18 heavy (non-hydrogen) atoms. The van der Waals surface area contributed by atoms with Crippen LogP contribution in [0.4, 0.5) is 0 Å². The van der Waals surface area contributed by atoms with E-state index in [0.29, 0.717) is 10.0 Å². The van der Waals surface area contributed by atoms with Crippen LogP contribution in [0.3, 0.4) is 0 Å². The summed E-state index contributed by atoms with van der Waals surface area (Å²) in [5, 5.41) is 4.66. The Morgan fingerprint density at radius 3 is 2.33 bits per heavy atom. The van der Waals surface area contributed by atoms with Crippen molar-refractivity contribution in [2.75, 3.05) is 7.05 Å². The Balaban J connectivity index is 2.38. The minimum absolute atomic E-state index is 0.145. The maximum absolute atomic E-state index is 6.06. The van der Waals surface area contributed by atoms with Gasteiger partial charge in [0.25, 0.3) is 0 Å². The van der Waals surface area contributed by atoms with Gasteiger partial charge in [0.15, 0.2) is 0 Å². The van der Waals surface area contributed by atoms with Gasteiger partial charge >= 0.3 is 0 Å². The highest BCUT2D eigenvalue weighted by Gasteiger charge is 2.15. The van der Waals surface area contributed by atoms with Crippen molar-refractivity contribution in [3.05, 3.63) is 55.7 Å². The number of aryl methyl sites for hydroxylation is 1. The molecule has 1 atom stereocenters. The number of thiophene rings is 1. The summed E-state index contributed by atoms with van der Waals surface area (Å²) in [5.74, 6) is 0. The summed E-state index contributed by atoms with van der Waals surface area (Å²) < 4.78 is 0. The highest BCUT2D eigenvalue weighted by Crippen LogP contribution is 2.31. The van der Waals surface area contributed by atoms with Gasteiger partial charge in [-0.1, -0.05) is 30.1 Å². The molecule has 4 heteroatoms. The molecule has 0 aliphatic carbocycles. The molecule has 0 saturated carbocycles. The monoisotopic (exact) mass is 299 g/mol. The molecule has 0 fully saturated rings. The fourth-order valence-electron chi connectivity index (χ4n) is 1.95. The SMILES string of the molecule is CCc1ccc(C(NC)c2cc(Cl)cc(Cl)c2)s1. The summed E-state index contributed by atoms with van der Waals surface area (Å²) in [7, 11) is 1.95. The van der Waals surface area contributed by atoms with Crippen LogP contribution in [0.15, 0.2) is 30.3 Å². The third-order valence-corrected chi connectivity index (χ3v) is 4.55. The minimum atomic E-state index is 0.145. The first-order chi connectivity index (χ1) is 8.63. The summed E-state index contributed by atoms with van der Waals surface area (Å²) in [6.07, 6.45) is 1.07. The van der Waals surface area contributed by atoms with E-state index in [1.807, 2.05) is 30.5 Å². The predicted molar refractivity (Wildman–Crippen MR) is 81.1 cm³/mol. The summed E-state index contributed by atoms with van der Waals surface area (Å²) in [4.78, 5) is 2.67. The van der Waals surface area contributed by atoms with Crippen LogP contribution < -0.4 is 5.32 Å². The summed E-state index contributed by atoms with van der Waals surface area (Å²) in [5.41, 5.74) is 1.10. The fraction of sp³-hybridized carbons (Fsp3) is 0.286. The van der Waals surface area contributed by atoms with Crippen LogP contribution in [0.5, 0.6) is 0 Å². The molecule has 96 valence electrons. The zero-order chi connectivity index (χ0) is 13.1. The average Bonchev–Trinajstić information content (AvgIpc) is 2.77. The Labute approximate surface area is 122 Å². The van der Waals surface area contributed by atoms with Gasteiger partial charge in [0, 0.05) is 19.8 Å². The van der Waals surface area contributed by atoms with Gasteiger partial charge in [-0.05, 0) is 49.4 Å². The standard InChI is InChI=1S/C14H15Cl2NS/c1-3-12-4-5-13(18-12)14(17-2)9-6-10(15)8-11(16)7-9/h4-8,14,17H,3H2,1-2H3. The first kappa shape index (κ1) is 13.9. The zero-order valence-corrected chi connectivity index (χ0v) is 12.7. The Morgan fingerprint density at radius 1 is 1.17 bits per heavy atom. The Kier molecular flexibility index (Phi) is 4.68. The Hall–Kier alpha value is -0.540. The van der Waals surface area contributed by atoms with Crippen LogP contribution in [0.2, 0.25) is 10.0 Å². The molecule has 1 unspecified atom stereocenters. The quantitative estimate of drug-likeness (QED) is 0.844. The summed E-state index contributed by atoms with van der Waals surface area (Å²) in [6, 6.07) is 10.2. The van der Waals surface area contributed by atoms with Crippen molar-refractivity contribution in [1.82, 2.24) is 5.32 Å². The smallest absolute Gasteiger partial charge is 0.0669 e. The van der Waals surface area contributed by atoms with Gasteiger partial charge in [-0.3, -0.25) is 0 Å². The fourth-order valence-corrected chi connectivity index (χ4v) is 3.59. The first-order valence-electron chi connectivity index (χ1n) is 5.86. The lowest BCUT2D eigenvalue weighted by molar-refractivity contribution is 0.704. The van der Waals surface area contributed by atoms with E-state index in [-0.39, 0.29) is 6.04 Å². The zero-order valence-electron chi connectivity index (χ0n) is 10.3. The number of nitrogens with one attached hydrogen (secondary N) is 1. The molecule has 0 radical (unpaired) electrons. The summed E-state index contributed by atoms with van der Waals surface area (Å²) >= 11 is 13.9. The molecular weight excluding hydrogens is 285 g/mol. The maximum Gasteiger partial charge on any atom is 0.0669 e. The van der Waals surface area contributed by atoms with Crippen LogP contribution in [0, 0.1) is 0 Å². The molecule has 2 rings (SSSR count). The second-order valence-corrected chi connectivity index (χ2v) is 6.15. The van der Waals surface area contributed by atoms with Crippen molar-refractivity contribution in [2.45, 2.75) is 19.4 Å². The van der Waals surface area contributed by atoms with E-state index in [9.17, 15) is 0 Å². The van der Waals surface area contributed by atoms with E-state index < -0.39 is 0 Å². The molecule has 0 spiro atoms. The minimum Gasteiger partial charge on any atom is -0.309 e. The van der Waals surface area contributed by atoms with E-state index in [1.165, 1.54) is 9.75 Å². The average molecular weight is 300 g/mol. The highest BCUT2D eigenvalue weighted by atomic mass is 35.5.